The lowest BCUT2D eigenvalue weighted by molar-refractivity contribution is -0.135. The van der Waals surface area contributed by atoms with Crippen molar-refractivity contribution in [3.63, 3.8) is 0 Å². The number of rotatable bonds is 8. The van der Waals surface area contributed by atoms with Gasteiger partial charge in [0.05, 0.1) is 5.75 Å². The van der Waals surface area contributed by atoms with Gasteiger partial charge in [-0.3, -0.25) is 9.59 Å². The first-order valence-electron chi connectivity index (χ1n) is 11.7. The average Bonchev–Trinajstić information content (AvgIpc) is 3.63. The van der Waals surface area contributed by atoms with Crippen molar-refractivity contribution in [2.75, 3.05) is 56.5 Å². The first kappa shape index (κ1) is 23.6. The van der Waals surface area contributed by atoms with Crippen LogP contribution in [0.15, 0.2) is 11.2 Å². The normalized spacial score (nSPS) is 22.1. The standard InChI is InChI=1S/C22H33ClN6O2S/c1-16-14-28(11-12-29(16)21(31)17-5-6-17)19-13-18(23)25-22(26-19)32-15-20(30)24-7-10-27-8-3-2-4-9-27/h13,16-17H,2-12,14-15H2,1H3,(H,24,30). The molecule has 1 atom stereocenters. The van der Waals surface area contributed by atoms with Crippen LogP contribution < -0.4 is 10.2 Å². The van der Waals surface area contributed by atoms with Crippen molar-refractivity contribution in [3.8, 4) is 0 Å². The molecule has 176 valence electrons. The molecular weight excluding hydrogens is 448 g/mol. The largest absolute Gasteiger partial charge is 0.354 e. The molecule has 3 heterocycles. The summed E-state index contributed by atoms with van der Waals surface area (Å²) in [5, 5.41) is 3.86. The molecule has 2 aliphatic heterocycles. The molecule has 1 N–H and O–H groups in total. The molecule has 1 aliphatic carbocycles. The summed E-state index contributed by atoms with van der Waals surface area (Å²) in [6.07, 6.45) is 5.87. The summed E-state index contributed by atoms with van der Waals surface area (Å²) < 4.78 is 0. The number of anilines is 1. The molecule has 0 spiro atoms. The van der Waals surface area contributed by atoms with E-state index in [1.807, 2.05) is 4.90 Å². The molecule has 0 bridgehead atoms. The molecule has 4 rings (SSSR count). The molecule has 0 radical (unpaired) electrons. The second-order valence-electron chi connectivity index (χ2n) is 8.97. The maximum atomic E-state index is 12.5. The third kappa shape index (κ3) is 6.48. The smallest absolute Gasteiger partial charge is 0.230 e. The van der Waals surface area contributed by atoms with E-state index in [-0.39, 0.29) is 23.6 Å². The van der Waals surface area contributed by atoms with E-state index in [0.717, 1.165) is 44.8 Å². The Morgan fingerprint density at radius 1 is 1.16 bits per heavy atom. The maximum absolute atomic E-state index is 12.5. The van der Waals surface area contributed by atoms with E-state index in [9.17, 15) is 9.59 Å². The lowest BCUT2D eigenvalue weighted by Gasteiger charge is -2.40. The Bertz CT molecular complexity index is 818. The highest BCUT2D eigenvalue weighted by Crippen LogP contribution is 2.32. The van der Waals surface area contributed by atoms with Crippen LogP contribution in [-0.2, 0) is 9.59 Å². The number of likely N-dealkylation sites (tertiary alicyclic amines) is 1. The Kier molecular flexibility index (Phi) is 8.12. The van der Waals surface area contributed by atoms with Crippen molar-refractivity contribution in [3.05, 3.63) is 11.2 Å². The summed E-state index contributed by atoms with van der Waals surface area (Å²) in [5.74, 6) is 1.54. The lowest BCUT2D eigenvalue weighted by atomic mass is 10.1. The number of nitrogens with one attached hydrogen (secondary N) is 1. The number of hydrogen-bond donors (Lipinski definition) is 1. The molecule has 8 nitrogen and oxygen atoms in total. The molecule has 32 heavy (non-hydrogen) atoms. The van der Waals surface area contributed by atoms with Gasteiger partial charge in [0.2, 0.25) is 11.8 Å². The molecule has 1 saturated carbocycles. The van der Waals surface area contributed by atoms with Crippen molar-refractivity contribution < 1.29 is 9.59 Å². The van der Waals surface area contributed by atoms with Crippen LogP contribution in [0.4, 0.5) is 5.82 Å². The van der Waals surface area contributed by atoms with E-state index in [2.05, 4.69) is 32.0 Å². The van der Waals surface area contributed by atoms with Crippen LogP contribution in [0.5, 0.6) is 0 Å². The van der Waals surface area contributed by atoms with Crippen LogP contribution >= 0.6 is 23.4 Å². The zero-order valence-electron chi connectivity index (χ0n) is 18.8. The number of nitrogens with zero attached hydrogens (tertiary/aromatic N) is 5. The van der Waals surface area contributed by atoms with Crippen LogP contribution in [0.2, 0.25) is 5.15 Å². The molecule has 0 aromatic carbocycles. The van der Waals surface area contributed by atoms with Gasteiger partial charge in [0, 0.05) is 50.7 Å². The molecule has 1 aromatic heterocycles. The Morgan fingerprint density at radius 3 is 2.66 bits per heavy atom. The number of piperidine rings is 1. The summed E-state index contributed by atoms with van der Waals surface area (Å²) in [6, 6.07) is 1.89. The van der Waals surface area contributed by atoms with Crippen LogP contribution in [0.25, 0.3) is 0 Å². The summed E-state index contributed by atoms with van der Waals surface area (Å²) in [5.41, 5.74) is 0. The average molecular weight is 481 g/mol. The molecule has 1 aromatic rings. The molecule has 3 aliphatic rings. The number of aromatic nitrogens is 2. The predicted molar refractivity (Wildman–Crippen MR) is 127 cm³/mol. The van der Waals surface area contributed by atoms with E-state index >= 15 is 0 Å². The maximum Gasteiger partial charge on any atom is 0.230 e. The first-order valence-corrected chi connectivity index (χ1v) is 13.1. The minimum absolute atomic E-state index is 0.0158. The fourth-order valence-electron chi connectivity index (χ4n) is 4.39. The zero-order valence-corrected chi connectivity index (χ0v) is 20.3. The molecule has 2 saturated heterocycles. The van der Waals surface area contributed by atoms with Gasteiger partial charge in [-0.25, -0.2) is 9.97 Å². The Morgan fingerprint density at radius 2 is 1.94 bits per heavy atom. The van der Waals surface area contributed by atoms with E-state index in [1.54, 1.807) is 6.07 Å². The minimum Gasteiger partial charge on any atom is -0.354 e. The van der Waals surface area contributed by atoms with Crippen LogP contribution in [0.3, 0.4) is 0 Å². The third-order valence-corrected chi connectivity index (χ3v) is 7.39. The second kappa shape index (κ2) is 11.0. The van der Waals surface area contributed by atoms with Crippen molar-refractivity contribution in [2.45, 2.75) is 50.2 Å². The zero-order chi connectivity index (χ0) is 22.5. The van der Waals surface area contributed by atoms with Gasteiger partial charge in [0.25, 0.3) is 0 Å². The van der Waals surface area contributed by atoms with Gasteiger partial charge < -0.3 is 20.0 Å². The predicted octanol–water partition coefficient (Wildman–Crippen LogP) is 2.27. The highest BCUT2D eigenvalue weighted by molar-refractivity contribution is 7.99. The lowest BCUT2D eigenvalue weighted by Crippen LogP contribution is -2.54. The van der Waals surface area contributed by atoms with Crippen LogP contribution in [0.1, 0.15) is 39.0 Å². The molecular formula is C22H33ClN6O2S. The van der Waals surface area contributed by atoms with E-state index in [4.69, 9.17) is 11.6 Å². The van der Waals surface area contributed by atoms with E-state index < -0.39 is 0 Å². The summed E-state index contributed by atoms with van der Waals surface area (Å²) in [4.78, 5) is 40.2. The molecule has 2 amide bonds. The van der Waals surface area contributed by atoms with Crippen molar-refractivity contribution in [1.82, 2.24) is 25.1 Å². The monoisotopic (exact) mass is 480 g/mol. The Labute approximate surface area is 199 Å². The fourth-order valence-corrected chi connectivity index (χ4v) is 5.30. The number of thioether (sulfide) groups is 1. The molecule has 3 fully saturated rings. The fraction of sp³-hybridized carbons (Fsp3) is 0.727. The second-order valence-corrected chi connectivity index (χ2v) is 10.3. The molecule has 1 unspecified atom stereocenters. The quantitative estimate of drug-likeness (QED) is 0.347. The van der Waals surface area contributed by atoms with Gasteiger partial charge in [-0.2, -0.15) is 0 Å². The third-order valence-electron chi connectivity index (χ3n) is 6.35. The van der Waals surface area contributed by atoms with Gasteiger partial charge >= 0.3 is 0 Å². The minimum atomic E-state index is -0.0158. The van der Waals surface area contributed by atoms with E-state index in [1.165, 1.54) is 31.0 Å². The number of carbonyl (C=O) groups excluding carboxylic acids is 2. The van der Waals surface area contributed by atoms with E-state index in [0.29, 0.717) is 35.9 Å². The number of hydrogen-bond acceptors (Lipinski definition) is 7. The highest BCUT2D eigenvalue weighted by Gasteiger charge is 2.37. The van der Waals surface area contributed by atoms with Crippen molar-refractivity contribution >= 4 is 41.0 Å². The topological polar surface area (TPSA) is 81.7 Å². The van der Waals surface area contributed by atoms with Crippen LogP contribution in [0, 0.1) is 5.92 Å². The Hall–Kier alpha value is -1.58. The van der Waals surface area contributed by atoms with Gasteiger partial charge in [0.15, 0.2) is 5.16 Å². The number of piperazine rings is 1. The van der Waals surface area contributed by atoms with Gasteiger partial charge in [-0.15, -0.1) is 0 Å². The molecule has 10 heteroatoms. The number of halogens is 1. The summed E-state index contributed by atoms with van der Waals surface area (Å²) in [6.45, 7) is 8.05. The number of carbonyl (C=O) groups is 2. The van der Waals surface area contributed by atoms with Crippen LogP contribution in [-0.4, -0.2) is 89.2 Å². The van der Waals surface area contributed by atoms with Crippen molar-refractivity contribution in [2.24, 2.45) is 5.92 Å². The van der Waals surface area contributed by atoms with Gasteiger partial charge in [-0.05, 0) is 45.7 Å². The van der Waals surface area contributed by atoms with Gasteiger partial charge in [0.1, 0.15) is 11.0 Å². The number of amides is 2. The highest BCUT2D eigenvalue weighted by atomic mass is 35.5. The summed E-state index contributed by atoms with van der Waals surface area (Å²) >= 11 is 7.56. The first-order chi connectivity index (χ1) is 15.5. The van der Waals surface area contributed by atoms with Gasteiger partial charge in [-0.1, -0.05) is 29.8 Å². The SMILES string of the molecule is CC1CN(c2cc(Cl)nc(SCC(=O)NCCN3CCCCC3)n2)CCN1C(=O)C1CC1. The van der Waals surface area contributed by atoms with Crippen molar-refractivity contribution in [1.29, 1.82) is 0 Å². The Balaban J connectivity index is 1.25. The summed E-state index contributed by atoms with van der Waals surface area (Å²) in [7, 11) is 0.